The van der Waals surface area contributed by atoms with Crippen LogP contribution in [-0.2, 0) is 26.0 Å². The third kappa shape index (κ3) is 6.09. The molecule has 1 aromatic rings. The molecule has 0 spiro atoms. The van der Waals surface area contributed by atoms with E-state index in [1.807, 2.05) is 6.92 Å². The number of hydrogen-bond acceptors (Lipinski definition) is 4. The smallest absolute Gasteiger partial charge is 0.243 e. The van der Waals surface area contributed by atoms with Crippen LogP contribution in [0.4, 0.5) is 0 Å². The molecule has 1 saturated heterocycles. The number of carbonyl (C=O) groups excluding carboxylic acids is 1. The maximum atomic E-state index is 12.5. The van der Waals surface area contributed by atoms with Crippen molar-refractivity contribution in [1.82, 2.24) is 9.62 Å². The minimum Gasteiger partial charge on any atom is -0.382 e. The number of aryl methyl sites for hydroxylation is 1. The summed E-state index contributed by atoms with van der Waals surface area (Å²) in [5, 5.41) is 2.86. The van der Waals surface area contributed by atoms with Crippen LogP contribution in [0.3, 0.4) is 0 Å². The predicted octanol–water partition coefficient (Wildman–Crippen LogP) is 1.95. The Morgan fingerprint density at radius 1 is 1.20 bits per heavy atom. The Labute approximate surface area is 150 Å². The summed E-state index contributed by atoms with van der Waals surface area (Å²) in [5.74, 6) is 0.00487. The van der Waals surface area contributed by atoms with Gasteiger partial charge in [0, 0.05) is 39.3 Å². The molecule has 7 heteroatoms. The number of carbonyl (C=O) groups is 1. The van der Waals surface area contributed by atoms with Crippen molar-refractivity contribution in [3.63, 3.8) is 0 Å². The lowest BCUT2D eigenvalue weighted by Crippen LogP contribution is -2.27. The van der Waals surface area contributed by atoms with E-state index >= 15 is 0 Å². The Morgan fingerprint density at radius 3 is 2.52 bits per heavy atom. The van der Waals surface area contributed by atoms with Gasteiger partial charge in [-0.2, -0.15) is 4.31 Å². The molecular weight excluding hydrogens is 340 g/mol. The second-order valence-corrected chi connectivity index (χ2v) is 8.09. The van der Waals surface area contributed by atoms with Crippen LogP contribution in [0.15, 0.2) is 29.2 Å². The molecule has 140 valence electrons. The lowest BCUT2D eigenvalue weighted by atomic mass is 10.1. The van der Waals surface area contributed by atoms with Crippen molar-refractivity contribution in [3.8, 4) is 0 Å². The number of nitrogens with zero attached hydrogens (tertiary/aromatic N) is 1. The average Bonchev–Trinajstić information content (AvgIpc) is 3.16. The van der Waals surface area contributed by atoms with Gasteiger partial charge in [0.25, 0.3) is 0 Å². The maximum Gasteiger partial charge on any atom is 0.243 e. The van der Waals surface area contributed by atoms with E-state index in [0.29, 0.717) is 50.6 Å². The van der Waals surface area contributed by atoms with E-state index in [1.165, 1.54) is 4.31 Å². The molecule has 1 heterocycles. The Bertz CT molecular complexity index is 638. The largest absolute Gasteiger partial charge is 0.382 e. The molecule has 1 amide bonds. The predicted molar refractivity (Wildman–Crippen MR) is 96.9 cm³/mol. The van der Waals surface area contributed by atoms with E-state index < -0.39 is 10.0 Å². The van der Waals surface area contributed by atoms with Crippen molar-refractivity contribution < 1.29 is 17.9 Å². The van der Waals surface area contributed by atoms with Crippen LogP contribution >= 0.6 is 0 Å². The van der Waals surface area contributed by atoms with Crippen LogP contribution < -0.4 is 5.32 Å². The molecule has 1 fully saturated rings. The quantitative estimate of drug-likeness (QED) is 0.641. The zero-order valence-corrected chi connectivity index (χ0v) is 15.7. The summed E-state index contributed by atoms with van der Waals surface area (Å²) in [5.41, 5.74) is 0.963. The van der Waals surface area contributed by atoms with Crippen LogP contribution in [0, 0.1) is 0 Å². The van der Waals surface area contributed by atoms with E-state index in [-0.39, 0.29) is 5.91 Å². The van der Waals surface area contributed by atoms with Crippen molar-refractivity contribution in [2.24, 2.45) is 0 Å². The van der Waals surface area contributed by atoms with Crippen molar-refractivity contribution in [2.45, 2.75) is 43.9 Å². The van der Waals surface area contributed by atoms with Crippen LogP contribution in [0.5, 0.6) is 0 Å². The Hall–Kier alpha value is -1.44. The molecule has 25 heavy (non-hydrogen) atoms. The second-order valence-electron chi connectivity index (χ2n) is 6.16. The molecule has 0 bridgehead atoms. The van der Waals surface area contributed by atoms with Gasteiger partial charge < -0.3 is 10.1 Å². The number of nitrogens with one attached hydrogen (secondary N) is 1. The summed E-state index contributed by atoms with van der Waals surface area (Å²) in [7, 11) is -3.36. The Morgan fingerprint density at radius 2 is 1.88 bits per heavy atom. The highest BCUT2D eigenvalue weighted by Gasteiger charge is 2.26. The molecule has 0 aromatic heterocycles. The first-order chi connectivity index (χ1) is 12.0. The molecule has 6 nitrogen and oxygen atoms in total. The summed E-state index contributed by atoms with van der Waals surface area (Å²) in [6, 6.07) is 6.88. The normalized spacial score (nSPS) is 15.4. The fraction of sp³-hybridized carbons (Fsp3) is 0.611. The molecule has 0 aliphatic carbocycles. The summed E-state index contributed by atoms with van der Waals surface area (Å²) < 4.78 is 31.7. The first-order valence-corrected chi connectivity index (χ1v) is 10.4. The van der Waals surface area contributed by atoms with Gasteiger partial charge in [0.2, 0.25) is 15.9 Å². The van der Waals surface area contributed by atoms with Crippen molar-refractivity contribution in [2.75, 3.05) is 32.8 Å². The number of rotatable bonds is 10. The van der Waals surface area contributed by atoms with Gasteiger partial charge >= 0.3 is 0 Å². The van der Waals surface area contributed by atoms with Gasteiger partial charge in [0.15, 0.2) is 0 Å². The first kappa shape index (κ1) is 19.9. The van der Waals surface area contributed by atoms with E-state index in [1.54, 1.807) is 24.3 Å². The van der Waals surface area contributed by atoms with Gasteiger partial charge in [-0.15, -0.1) is 0 Å². The zero-order valence-electron chi connectivity index (χ0n) is 14.9. The lowest BCUT2D eigenvalue weighted by Gasteiger charge is -2.15. The first-order valence-electron chi connectivity index (χ1n) is 8.97. The van der Waals surface area contributed by atoms with Crippen LogP contribution in [0.2, 0.25) is 0 Å². The SMILES string of the molecule is CCOCCCNC(=O)CCc1ccc(S(=O)(=O)N2CCCC2)cc1. The molecule has 0 atom stereocenters. The molecule has 1 aliphatic heterocycles. The van der Waals surface area contributed by atoms with E-state index in [0.717, 1.165) is 24.8 Å². The molecule has 0 saturated carbocycles. The summed E-state index contributed by atoms with van der Waals surface area (Å²) in [4.78, 5) is 12.1. The zero-order chi connectivity index (χ0) is 18.1. The van der Waals surface area contributed by atoms with Gasteiger partial charge in [0.1, 0.15) is 0 Å². The highest BCUT2D eigenvalue weighted by atomic mass is 32.2. The summed E-state index contributed by atoms with van der Waals surface area (Å²) in [6.07, 6.45) is 3.66. The third-order valence-electron chi connectivity index (χ3n) is 4.26. The van der Waals surface area contributed by atoms with Gasteiger partial charge in [-0.05, 0) is 50.3 Å². The highest BCUT2D eigenvalue weighted by molar-refractivity contribution is 7.89. The molecule has 0 unspecified atom stereocenters. The van der Waals surface area contributed by atoms with E-state index in [2.05, 4.69) is 5.32 Å². The minimum atomic E-state index is -3.36. The van der Waals surface area contributed by atoms with E-state index in [4.69, 9.17) is 4.74 Å². The van der Waals surface area contributed by atoms with Crippen molar-refractivity contribution >= 4 is 15.9 Å². The molecule has 1 aromatic carbocycles. The molecule has 0 radical (unpaired) electrons. The van der Waals surface area contributed by atoms with E-state index in [9.17, 15) is 13.2 Å². The third-order valence-corrected chi connectivity index (χ3v) is 6.17. The fourth-order valence-corrected chi connectivity index (χ4v) is 4.32. The standard InChI is InChI=1S/C18H28N2O4S/c1-2-24-15-5-12-19-18(21)11-8-16-6-9-17(10-7-16)25(22,23)20-13-3-4-14-20/h6-7,9-10H,2-5,8,11-15H2,1H3,(H,19,21). The summed E-state index contributed by atoms with van der Waals surface area (Å²) >= 11 is 0. The fourth-order valence-electron chi connectivity index (χ4n) is 2.80. The van der Waals surface area contributed by atoms with Crippen LogP contribution in [0.25, 0.3) is 0 Å². The Balaban J connectivity index is 1.77. The maximum absolute atomic E-state index is 12.5. The topological polar surface area (TPSA) is 75.7 Å². The Kier molecular flexibility index (Phi) is 7.87. The number of benzene rings is 1. The second kappa shape index (κ2) is 9.89. The number of ether oxygens (including phenoxy) is 1. The molecular formula is C18H28N2O4S. The van der Waals surface area contributed by atoms with Crippen LogP contribution in [-0.4, -0.2) is 51.5 Å². The number of sulfonamides is 1. The van der Waals surface area contributed by atoms with Crippen molar-refractivity contribution in [3.05, 3.63) is 29.8 Å². The van der Waals surface area contributed by atoms with Crippen LogP contribution in [0.1, 0.15) is 38.2 Å². The summed E-state index contributed by atoms with van der Waals surface area (Å²) in [6.45, 7) is 5.12. The average molecular weight is 368 g/mol. The molecule has 1 N–H and O–H groups in total. The van der Waals surface area contributed by atoms with Gasteiger partial charge in [-0.25, -0.2) is 8.42 Å². The monoisotopic (exact) mass is 368 g/mol. The lowest BCUT2D eigenvalue weighted by molar-refractivity contribution is -0.121. The van der Waals surface area contributed by atoms with Gasteiger partial charge in [0.05, 0.1) is 4.90 Å². The minimum absolute atomic E-state index is 0.00487. The van der Waals surface area contributed by atoms with Gasteiger partial charge in [-0.1, -0.05) is 12.1 Å². The van der Waals surface area contributed by atoms with Gasteiger partial charge in [-0.3, -0.25) is 4.79 Å². The number of amides is 1. The van der Waals surface area contributed by atoms with Crippen molar-refractivity contribution in [1.29, 1.82) is 0 Å². The molecule has 1 aliphatic rings. The number of hydrogen-bond donors (Lipinski definition) is 1. The molecule has 2 rings (SSSR count). The highest BCUT2D eigenvalue weighted by Crippen LogP contribution is 2.21.